The minimum Gasteiger partial charge on any atom is -0.497 e. The van der Waals surface area contributed by atoms with Crippen LogP contribution in [-0.2, 0) is 9.59 Å². The van der Waals surface area contributed by atoms with Gasteiger partial charge in [0.1, 0.15) is 18.0 Å². The van der Waals surface area contributed by atoms with Gasteiger partial charge >= 0.3 is 0 Å². The number of likely N-dealkylation sites (tertiary alicyclic amines) is 1. The Balaban J connectivity index is 1.43. The standard InChI is InChI=1S/C23H27N3O4/c1-29-18-10-8-17(9-11-18)20(25-12-4-5-13-25)14-24-22(27)15-26-19-6-2-3-7-21(19)30-16-23(26)28/h2-3,6-11,20H,4-5,12-16H2,1H3,(H,24,27)/t20-/m1/s1. The first kappa shape index (κ1) is 20.2. The molecule has 2 amide bonds. The molecule has 2 heterocycles. The van der Waals surface area contributed by atoms with Crippen LogP contribution in [0.25, 0.3) is 0 Å². The van der Waals surface area contributed by atoms with Gasteiger partial charge in [-0.2, -0.15) is 0 Å². The average molecular weight is 409 g/mol. The van der Waals surface area contributed by atoms with Gasteiger partial charge in [0.25, 0.3) is 5.91 Å². The molecule has 2 aliphatic heterocycles. The molecule has 0 bridgehead atoms. The highest BCUT2D eigenvalue weighted by molar-refractivity contribution is 6.02. The number of benzene rings is 2. The van der Waals surface area contributed by atoms with Gasteiger partial charge in [-0.15, -0.1) is 0 Å². The quantitative estimate of drug-likeness (QED) is 0.760. The summed E-state index contributed by atoms with van der Waals surface area (Å²) >= 11 is 0. The largest absolute Gasteiger partial charge is 0.497 e. The fraction of sp³-hybridized carbons (Fsp3) is 0.391. The third kappa shape index (κ3) is 4.41. The molecule has 0 aromatic heterocycles. The van der Waals surface area contributed by atoms with E-state index in [1.165, 1.54) is 17.7 Å². The molecule has 7 heteroatoms. The van der Waals surface area contributed by atoms with Crippen molar-refractivity contribution < 1.29 is 19.1 Å². The van der Waals surface area contributed by atoms with Crippen molar-refractivity contribution in [2.45, 2.75) is 18.9 Å². The Hall–Kier alpha value is -3.06. The molecule has 1 atom stereocenters. The van der Waals surface area contributed by atoms with Crippen LogP contribution in [0.5, 0.6) is 11.5 Å². The number of fused-ring (bicyclic) bond motifs is 1. The average Bonchev–Trinajstić information content (AvgIpc) is 3.31. The maximum atomic E-state index is 12.7. The molecule has 7 nitrogen and oxygen atoms in total. The molecule has 1 fully saturated rings. The minimum atomic E-state index is -0.213. The Morgan fingerprint density at radius 2 is 1.87 bits per heavy atom. The van der Waals surface area contributed by atoms with Gasteiger partial charge in [-0.1, -0.05) is 24.3 Å². The summed E-state index contributed by atoms with van der Waals surface area (Å²) in [6, 6.07) is 15.4. The summed E-state index contributed by atoms with van der Waals surface area (Å²) in [4.78, 5) is 28.9. The van der Waals surface area contributed by atoms with E-state index in [2.05, 4.69) is 22.3 Å². The Bertz CT molecular complexity index is 894. The first-order valence-electron chi connectivity index (χ1n) is 10.3. The van der Waals surface area contributed by atoms with E-state index in [1.807, 2.05) is 24.3 Å². The highest BCUT2D eigenvalue weighted by Gasteiger charge is 2.28. The number of rotatable bonds is 7. The van der Waals surface area contributed by atoms with E-state index >= 15 is 0 Å². The van der Waals surface area contributed by atoms with E-state index in [0.717, 1.165) is 24.4 Å². The second kappa shape index (κ2) is 9.17. The lowest BCUT2D eigenvalue weighted by atomic mass is 10.1. The third-order valence-electron chi connectivity index (χ3n) is 5.68. The number of carbonyl (C=O) groups is 2. The highest BCUT2D eigenvalue weighted by atomic mass is 16.5. The molecule has 2 aromatic carbocycles. The summed E-state index contributed by atoms with van der Waals surface area (Å²) in [5, 5.41) is 3.04. The van der Waals surface area contributed by atoms with E-state index in [0.29, 0.717) is 18.0 Å². The number of hydrogen-bond donors (Lipinski definition) is 1. The van der Waals surface area contributed by atoms with Gasteiger partial charge in [-0.25, -0.2) is 0 Å². The summed E-state index contributed by atoms with van der Waals surface area (Å²) < 4.78 is 10.7. The molecule has 1 saturated heterocycles. The van der Waals surface area contributed by atoms with Gasteiger partial charge in [0.05, 0.1) is 18.8 Å². The van der Waals surface area contributed by atoms with Crippen LogP contribution in [0.4, 0.5) is 5.69 Å². The second-order valence-corrected chi connectivity index (χ2v) is 7.57. The molecule has 158 valence electrons. The molecule has 1 N–H and O–H groups in total. The van der Waals surface area contributed by atoms with Crippen molar-refractivity contribution in [3.63, 3.8) is 0 Å². The number of nitrogens with zero attached hydrogens (tertiary/aromatic N) is 2. The van der Waals surface area contributed by atoms with Crippen molar-refractivity contribution in [1.29, 1.82) is 0 Å². The maximum Gasteiger partial charge on any atom is 0.265 e. The van der Waals surface area contributed by atoms with Gasteiger partial charge in [0, 0.05) is 6.54 Å². The zero-order valence-corrected chi connectivity index (χ0v) is 17.2. The predicted molar refractivity (Wildman–Crippen MR) is 114 cm³/mol. The molecule has 30 heavy (non-hydrogen) atoms. The first-order valence-corrected chi connectivity index (χ1v) is 10.3. The number of carbonyl (C=O) groups excluding carboxylic acids is 2. The molecule has 2 aromatic rings. The fourth-order valence-corrected chi connectivity index (χ4v) is 4.07. The lowest BCUT2D eigenvalue weighted by molar-refractivity contribution is -0.125. The van der Waals surface area contributed by atoms with Crippen molar-refractivity contribution in [1.82, 2.24) is 10.2 Å². The van der Waals surface area contributed by atoms with Crippen LogP contribution in [-0.4, -0.2) is 56.6 Å². The second-order valence-electron chi connectivity index (χ2n) is 7.57. The van der Waals surface area contributed by atoms with E-state index in [9.17, 15) is 9.59 Å². The number of para-hydroxylation sites is 2. The van der Waals surface area contributed by atoms with E-state index in [4.69, 9.17) is 9.47 Å². The Kier molecular flexibility index (Phi) is 6.18. The Morgan fingerprint density at radius 3 is 2.60 bits per heavy atom. The van der Waals surface area contributed by atoms with Gasteiger partial charge in [-0.05, 0) is 55.8 Å². The number of methoxy groups -OCH3 is 1. The highest BCUT2D eigenvalue weighted by Crippen LogP contribution is 2.31. The Labute approximate surface area is 176 Å². The maximum absolute atomic E-state index is 12.7. The SMILES string of the molecule is COc1ccc([C@@H](CNC(=O)CN2C(=O)COc3ccccc32)N2CCCC2)cc1. The minimum absolute atomic E-state index is 0.0193. The van der Waals surface area contributed by atoms with Gasteiger partial charge in [0.15, 0.2) is 6.61 Å². The van der Waals surface area contributed by atoms with Crippen molar-refractivity contribution >= 4 is 17.5 Å². The Morgan fingerprint density at radius 1 is 1.13 bits per heavy atom. The van der Waals surface area contributed by atoms with Gasteiger partial charge < -0.3 is 14.8 Å². The molecule has 2 aliphatic rings. The van der Waals surface area contributed by atoms with Crippen LogP contribution in [0, 0.1) is 0 Å². The molecular weight excluding hydrogens is 382 g/mol. The number of nitrogens with one attached hydrogen (secondary N) is 1. The van der Waals surface area contributed by atoms with Crippen LogP contribution in [0.2, 0.25) is 0 Å². The smallest absolute Gasteiger partial charge is 0.265 e. The molecule has 0 aliphatic carbocycles. The number of amides is 2. The lowest BCUT2D eigenvalue weighted by Crippen LogP contribution is -2.46. The van der Waals surface area contributed by atoms with Crippen LogP contribution in [0.3, 0.4) is 0 Å². The summed E-state index contributed by atoms with van der Waals surface area (Å²) in [7, 11) is 1.65. The normalized spacial score (nSPS) is 17.2. The van der Waals surface area contributed by atoms with E-state index < -0.39 is 0 Å². The van der Waals surface area contributed by atoms with E-state index in [-0.39, 0.29) is 31.0 Å². The number of ether oxygens (including phenoxy) is 2. The summed E-state index contributed by atoms with van der Waals surface area (Å²) in [6.07, 6.45) is 2.33. The lowest BCUT2D eigenvalue weighted by Gasteiger charge is -2.30. The first-order chi connectivity index (χ1) is 14.7. The van der Waals surface area contributed by atoms with Crippen LogP contribution >= 0.6 is 0 Å². The van der Waals surface area contributed by atoms with Crippen molar-refractivity contribution in [3.05, 3.63) is 54.1 Å². The zero-order chi connectivity index (χ0) is 20.9. The van der Waals surface area contributed by atoms with Crippen molar-refractivity contribution in [2.24, 2.45) is 0 Å². The van der Waals surface area contributed by atoms with Crippen molar-refractivity contribution in [3.8, 4) is 11.5 Å². The topological polar surface area (TPSA) is 71.1 Å². The third-order valence-corrected chi connectivity index (χ3v) is 5.68. The summed E-state index contributed by atoms with van der Waals surface area (Å²) in [6.45, 7) is 2.45. The molecule has 0 unspecified atom stereocenters. The molecule has 0 spiro atoms. The number of hydrogen-bond acceptors (Lipinski definition) is 5. The molecule has 4 rings (SSSR count). The molecule has 0 saturated carbocycles. The predicted octanol–water partition coefficient (Wildman–Crippen LogP) is 2.37. The van der Waals surface area contributed by atoms with Crippen LogP contribution in [0.1, 0.15) is 24.4 Å². The zero-order valence-electron chi connectivity index (χ0n) is 17.2. The van der Waals surface area contributed by atoms with Gasteiger partial charge in [0.2, 0.25) is 5.91 Å². The monoisotopic (exact) mass is 409 g/mol. The number of anilines is 1. The summed E-state index contributed by atoms with van der Waals surface area (Å²) in [5.41, 5.74) is 1.78. The molecular formula is C23H27N3O4. The van der Waals surface area contributed by atoms with Crippen LogP contribution < -0.4 is 19.7 Å². The van der Waals surface area contributed by atoms with Crippen LogP contribution in [0.15, 0.2) is 48.5 Å². The summed E-state index contributed by atoms with van der Waals surface area (Å²) in [5.74, 6) is 1.04. The van der Waals surface area contributed by atoms with Crippen molar-refractivity contribution in [2.75, 3.05) is 44.8 Å². The molecule has 0 radical (unpaired) electrons. The van der Waals surface area contributed by atoms with E-state index in [1.54, 1.807) is 19.2 Å². The van der Waals surface area contributed by atoms with Gasteiger partial charge in [-0.3, -0.25) is 19.4 Å². The fourth-order valence-electron chi connectivity index (χ4n) is 4.07.